The second-order valence-corrected chi connectivity index (χ2v) is 5.81. The van der Waals surface area contributed by atoms with E-state index >= 15 is 0 Å². The summed E-state index contributed by atoms with van der Waals surface area (Å²) in [5.74, 6) is 0.614. The van der Waals surface area contributed by atoms with Crippen LogP contribution in [0.2, 0.25) is 0 Å². The zero-order chi connectivity index (χ0) is 17.7. The lowest BCUT2D eigenvalue weighted by Gasteiger charge is -2.39. The van der Waals surface area contributed by atoms with E-state index < -0.39 is 37.3 Å². The van der Waals surface area contributed by atoms with Crippen molar-refractivity contribution in [1.82, 2.24) is 0 Å². The molecule has 0 radical (unpaired) electrons. The number of carbonyl (C=O) groups excluding carboxylic acids is 1. The van der Waals surface area contributed by atoms with Crippen LogP contribution in [0.5, 0.6) is 5.75 Å². The fourth-order valence-corrected chi connectivity index (χ4v) is 2.44. The smallest absolute Gasteiger partial charge is 0.229 e. The summed E-state index contributed by atoms with van der Waals surface area (Å²) in [6, 6.07) is 6.32. The maximum atomic E-state index is 11.5. The molecule has 0 aliphatic carbocycles. The standard InChI is InChI=1S/C15H21NO7S/c17-7-10-12(19)13(20)14(21)15(23-10)22-9-3-1-8(2-4-9)16-11(18)5-6-24/h1-4,10,12-15,17,19-21,24H,5-7H2,(H,16,18)/t10?,12-,13+,14?,15+/m1/s1. The van der Waals surface area contributed by atoms with Crippen molar-refractivity contribution in [3.05, 3.63) is 24.3 Å². The van der Waals surface area contributed by atoms with E-state index in [0.717, 1.165) is 0 Å². The van der Waals surface area contributed by atoms with E-state index in [1.165, 1.54) is 0 Å². The predicted octanol–water partition coefficient (Wildman–Crippen LogP) is -0.876. The summed E-state index contributed by atoms with van der Waals surface area (Å²) in [5.41, 5.74) is 0.572. The van der Waals surface area contributed by atoms with E-state index in [0.29, 0.717) is 23.6 Å². The monoisotopic (exact) mass is 359 g/mol. The van der Waals surface area contributed by atoms with Gasteiger partial charge in [0.25, 0.3) is 0 Å². The first kappa shape index (κ1) is 19.0. The van der Waals surface area contributed by atoms with Gasteiger partial charge in [-0.3, -0.25) is 4.79 Å². The number of aliphatic hydroxyl groups is 4. The molecular weight excluding hydrogens is 338 g/mol. The molecule has 1 fully saturated rings. The maximum Gasteiger partial charge on any atom is 0.229 e. The SMILES string of the molecule is O=C(CCS)Nc1ccc(O[C@H]2OC(CO)[C@@H](O)[C@H](O)C2O)cc1. The lowest BCUT2D eigenvalue weighted by molar-refractivity contribution is -0.277. The molecule has 1 saturated heterocycles. The first-order valence-corrected chi connectivity index (χ1v) is 8.07. The van der Waals surface area contributed by atoms with Gasteiger partial charge < -0.3 is 35.2 Å². The van der Waals surface area contributed by atoms with Gasteiger partial charge in [-0.25, -0.2) is 0 Å². The lowest BCUT2D eigenvalue weighted by Crippen LogP contribution is -2.60. The second kappa shape index (κ2) is 8.65. The van der Waals surface area contributed by atoms with Crippen molar-refractivity contribution in [3.8, 4) is 5.75 Å². The third-order valence-electron chi connectivity index (χ3n) is 3.58. The number of ether oxygens (including phenoxy) is 2. The fraction of sp³-hybridized carbons (Fsp3) is 0.533. The van der Waals surface area contributed by atoms with Gasteiger partial charge in [0.05, 0.1) is 6.61 Å². The molecule has 5 atom stereocenters. The largest absolute Gasteiger partial charge is 0.462 e. The van der Waals surface area contributed by atoms with Crippen molar-refractivity contribution in [1.29, 1.82) is 0 Å². The molecule has 8 nitrogen and oxygen atoms in total. The highest BCUT2D eigenvalue weighted by Crippen LogP contribution is 2.25. The summed E-state index contributed by atoms with van der Waals surface area (Å²) in [6.45, 7) is -0.527. The molecule has 1 heterocycles. The third-order valence-corrected chi connectivity index (χ3v) is 3.80. The average molecular weight is 359 g/mol. The van der Waals surface area contributed by atoms with Gasteiger partial charge in [0, 0.05) is 12.1 Å². The van der Waals surface area contributed by atoms with Crippen LogP contribution in [0.15, 0.2) is 24.3 Å². The first-order valence-electron chi connectivity index (χ1n) is 7.44. The van der Waals surface area contributed by atoms with Crippen molar-refractivity contribution in [2.24, 2.45) is 0 Å². The number of rotatable bonds is 6. The summed E-state index contributed by atoms with van der Waals surface area (Å²) in [6.07, 6.45) is -6.39. The Balaban J connectivity index is 1.98. The average Bonchev–Trinajstić information content (AvgIpc) is 2.57. The van der Waals surface area contributed by atoms with E-state index in [-0.39, 0.29) is 5.91 Å². The van der Waals surface area contributed by atoms with Crippen LogP contribution < -0.4 is 10.1 Å². The van der Waals surface area contributed by atoms with E-state index in [1.807, 2.05) is 0 Å². The topological polar surface area (TPSA) is 128 Å². The Morgan fingerprint density at radius 3 is 2.42 bits per heavy atom. The summed E-state index contributed by atoms with van der Waals surface area (Å²) in [5, 5.41) is 41.1. The number of hydrogen-bond acceptors (Lipinski definition) is 8. The van der Waals surface area contributed by atoms with Gasteiger partial charge in [-0.15, -0.1) is 0 Å². The number of carbonyl (C=O) groups is 1. The van der Waals surface area contributed by atoms with Crippen LogP contribution >= 0.6 is 12.6 Å². The molecule has 0 saturated carbocycles. The minimum Gasteiger partial charge on any atom is -0.462 e. The number of anilines is 1. The zero-order valence-electron chi connectivity index (χ0n) is 12.8. The van der Waals surface area contributed by atoms with Gasteiger partial charge in [0.1, 0.15) is 30.2 Å². The quantitative estimate of drug-likeness (QED) is 0.364. The molecule has 1 amide bonds. The van der Waals surface area contributed by atoms with Crippen LogP contribution in [0.3, 0.4) is 0 Å². The Kier molecular flexibility index (Phi) is 6.84. The molecule has 0 bridgehead atoms. The van der Waals surface area contributed by atoms with E-state index in [9.17, 15) is 20.1 Å². The normalized spacial score (nSPS) is 30.0. The molecule has 1 aliphatic rings. The molecule has 1 aromatic carbocycles. The summed E-state index contributed by atoms with van der Waals surface area (Å²) in [4.78, 5) is 11.5. The minimum atomic E-state index is -1.50. The van der Waals surface area contributed by atoms with Crippen molar-refractivity contribution < 1.29 is 34.7 Å². The van der Waals surface area contributed by atoms with Crippen LogP contribution in [0.4, 0.5) is 5.69 Å². The lowest BCUT2D eigenvalue weighted by atomic mass is 9.99. The summed E-state index contributed by atoms with van der Waals surface area (Å²) in [7, 11) is 0. The Morgan fingerprint density at radius 1 is 1.17 bits per heavy atom. The van der Waals surface area contributed by atoms with Gasteiger partial charge in [0.15, 0.2) is 0 Å². The van der Waals surface area contributed by atoms with Crippen molar-refractivity contribution >= 4 is 24.2 Å². The number of thiol groups is 1. The Labute approximate surface area is 144 Å². The highest BCUT2D eigenvalue weighted by atomic mass is 32.1. The van der Waals surface area contributed by atoms with Gasteiger partial charge >= 0.3 is 0 Å². The Morgan fingerprint density at radius 2 is 1.83 bits per heavy atom. The molecule has 2 unspecified atom stereocenters. The van der Waals surface area contributed by atoms with E-state index in [4.69, 9.17) is 14.6 Å². The highest BCUT2D eigenvalue weighted by Gasteiger charge is 2.44. The molecule has 2 rings (SSSR count). The van der Waals surface area contributed by atoms with Gasteiger partial charge in [-0.1, -0.05) is 0 Å². The number of amides is 1. The van der Waals surface area contributed by atoms with Crippen LogP contribution in [-0.2, 0) is 9.53 Å². The number of benzene rings is 1. The molecule has 1 aromatic rings. The molecule has 9 heteroatoms. The molecule has 24 heavy (non-hydrogen) atoms. The molecule has 5 N–H and O–H groups in total. The molecule has 0 spiro atoms. The minimum absolute atomic E-state index is 0.160. The summed E-state index contributed by atoms with van der Waals surface area (Å²) < 4.78 is 10.7. The molecule has 1 aliphatic heterocycles. The van der Waals surface area contributed by atoms with Crippen LogP contribution in [0, 0.1) is 0 Å². The van der Waals surface area contributed by atoms with Gasteiger partial charge in [0.2, 0.25) is 12.2 Å². The summed E-state index contributed by atoms with van der Waals surface area (Å²) >= 11 is 3.98. The van der Waals surface area contributed by atoms with Crippen LogP contribution in [-0.4, -0.2) is 69.4 Å². The van der Waals surface area contributed by atoms with Gasteiger partial charge in [-0.05, 0) is 30.0 Å². The zero-order valence-corrected chi connectivity index (χ0v) is 13.7. The van der Waals surface area contributed by atoms with Crippen LogP contribution in [0.25, 0.3) is 0 Å². The van der Waals surface area contributed by atoms with Crippen molar-refractivity contribution in [2.75, 3.05) is 17.7 Å². The third kappa shape index (κ3) is 4.59. The second-order valence-electron chi connectivity index (χ2n) is 5.36. The first-order chi connectivity index (χ1) is 11.5. The number of aliphatic hydroxyl groups excluding tert-OH is 4. The molecule has 0 aromatic heterocycles. The number of nitrogens with one attached hydrogen (secondary N) is 1. The Bertz CT molecular complexity index is 539. The Hall–Kier alpha value is -1.36. The highest BCUT2D eigenvalue weighted by molar-refractivity contribution is 7.80. The van der Waals surface area contributed by atoms with Crippen molar-refractivity contribution in [2.45, 2.75) is 37.1 Å². The molecular formula is C15H21NO7S. The maximum absolute atomic E-state index is 11.5. The fourth-order valence-electron chi connectivity index (χ4n) is 2.24. The van der Waals surface area contributed by atoms with Gasteiger partial charge in [-0.2, -0.15) is 12.6 Å². The van der Waals surface area contributed by atoms with E-state index in [2.05, 4.69) is 17.9 Å². The predicted molar refractivity (Wildman–Crippen MR) is 87.9 cm³/mol. The van der Waals surface area contributed by atoms with Crippen LogP contribution in [0.1, 0.15) is 6.42 Å². The molecule has 134 valence electrons. The van der Waals surface area contributed by atoms with E-state index in [1.54, 1.807) is 24.3 Å². The number of hydrogen-bond donors (Lipinski definition) is 6. The van der Waals surface area contributed by atoms with Crippen molar-refractivity contribution in [3.63, 3.8) is 0 Å².